The third-order valence-corrected chi connectivity index (χ3v) is 2.27. The van der Waals surface area contributed by atoms with Crippen molar-refractivity contribution in [2.75, 3.05) is 6.61 Å². The Morgan fingerprint density at radius 3 is 2.75 bits per heavy atom. The van der Waals surface area contributed by atoms with Gasteiger partial charge in [-0.15, -0.1) is 0 Å². The van der Waals surface area contributed by atoms with E-state index in [9.17, 15) is 18.0 Å². The molecule has 16 heavy (non-hydrogen) atoms. The lowest BCUT2D eigenvalue weighted by molar-refractivity contribution is 0.0508. The number of halogens is 4. The van der Waals surface area contributed by atoms with Gasteiger partial charge in [-0.2, -0.15) is 0 Å². The molecule has 0 fully saturated rings. The lowest BCUT2D eigenvalue weighted by Crippen LogP contribution is -2.12. The lowest BCUT2D eigenvalue weighted by atomic mass is 10.1. The van der Waals surface area contributed by atoms with Gasteiger partial charge >= 0.3 is 5.97 Å². The normalized spacial score (nSPS) is 10.6. The number of hydrogen-bond acceptors (Lipinski definition) is 3. The first-order chi connectivity index (χ1) is 7.49. The van der Waals surface area contributed by atoms with Gasteiger partial charge in [-0.25, -0.2) is 22.9 Å². The van der Waals surface area contributed by atoms with E-state index in [1.54, 1.807) is 0 Å². The molecule has 0 atom stereocenters. The van der Waals surface area contributed by atoms with Gasteiger partial charge in [0.2, 0.25) is 0 Å². The van der Waals surface area contributed by atoms with Crippen LogP contribution in [0.1, 0.15) is 29.3 Å². The second-order valence-electron chi connectivity index (χ2n) is 2.71. The molecule has 1 aromatic rings. The first-order valence-electron chi connectivity index (χ1n) is 4.28. The van der Waals surface area contributed by atoms with E-state index in [1.165, 1.54) is 6.92 Å². The molecule has 1 heterocycles. The fraction of sp³-hybridized carbons (Fsp3) is 0.333. The number of pyridine rings is 1. The highest BCUT2D eigenvalue weighted by molar-refractivity contribution is 9.10. The molecular formula is C9H7BrF3NO2. The van der Waals surface area contributed by atoms with Crippen molar-refractivity contribution in [1.82, 2.24) is 4.98 Å². The minimum Gasteiger partial charge on any atom is -0.462 e. The van der Waals surface area contributed by atoms with Crippen molar-refractivity contribution in [1.29, 1.82) is 0 Å². The molecule has 0 N–H and O–H groups in total. The summed E-state index contributed by atoms with van der Waals surface area (Å²) in [7, 11) is 0. The molecule has 0 amide bonds. The second kappa shape index (κ2) is 5.29. The van der Waals surface area contributed by atoms with Gasteiger partial charge in [-0.05, 0) is 22.9 Å². The number of aromatic nitrogens is 1. The average molecular weight is 298 g/mol. The number of nitrogens with zero attached hydrogens (tertiary/aromatic N) is 1. The van der Waals surface area contributed by atoms with Crippen molar-refractivity contribution in [2.24, 2.45) is 0 Å². The number of ether oxygens (including phenoxy) is 1. The largest absolute Gasteiger partial charge is 0.462 e. The summed E-state index contributed by atoms with van der Waals surface area (Å²) in [6.07, 6.45) is -2.25. The first-order valence-corrected chi connectivity index (χ1v) is 5.07. The summed E-state index contributed by atoms with van der Waals surface area (Å²) >= 11 is 2.71. The summed E-state index contributed by atoms with van der Waals surface area (Å²) in [4.78, 5) is 14.7. The Morgan fingerprint density at radius 1 is 1.62 bits per heavy atom. The minimum absolute atomic E-state index is 0.0269. The smallest absolute Gasteiger partial charge is 0.341 e. The van der Waals surface area contributed by atoms with Crippen LogP contribution in [0.15, 0.2) is 10.8 Å². The molecule has 0 aromatic carbocycles. The summed E-state index contributed by atoms with van der Waals surface area (Å²) in [5, 5.41) is 0. The van der Waals surface area contributed by atoms with E-state index in [4.69, 9.17) is 0 Å². The van der Waals surface area contributed by atoms with Crippen LogP contribution in [0.25, 0.3) is 0 Å². The van der Waals surface area contributed by atoms with Crippen molar-refractivity contribution in [3.63, 3.8) is 0 Å². The van der Waals surface area contributed by atoms with Crippen molar-refractivity contribution in [3.8, 4) is 0 Å². The molecule has 0 unspecified atom stereocenters. The maximum Gasteiger partial charge on any atom is 0.341 e. The summed E-state index contributed by atoms with van der Waals surface area (Å²) in [5.74, 6) is -2.27. The Hall–Kier alpha value is -1.11. The van der Waals surface area contributed by atoms with E-state index in [2.05, 4.69) is 25.7 Å². The standard InChI is InChI=1S/C9H7BrF3NO2/c1-2-16-9(15)5-4(8(12)13)3-14-7(10)6(5)11/h3,8H,2H2,1H3. The SMILES string of the molecule is CCOC(=O)c1c(C(F)F)cnc(Br)c1F. The van der Waals surface area contributed by atoms with Gasteiger partial charge in [0.1, 0.15) is 10.2 Å². The first kappa shape index (κ1) is 13.0. The Labute approximate surface area is 97.8 Å². The summed E-state index contributed by atoms with van der Waals surface area (Å²) in [6.45, 7) is 1.47. The molecule has 0 radical (unpaired) electrons. The topological polar surface area (TPSA) is 39.2 Å². The zero-order valence-corrected chi connectivity index (χ0v) is 9.72. The van der Waals surface area contributed by atoms with Gasteiger partial charge in [-0.1, -0.05) is 0 Å². The van der Waals surface area contributed by atoms with E-state index in [0.717, 1.165) is 6.20 Å². The summed E-state index contributed by atoms with van der Waals surface area (Å²) in [6, 6.07) is 0. The van der Waals surface area contributed by atoms with Gasteiger partial charge in [0.05, 0.1) is 12.2 Å². The van der Waals surface area contributed by atoms with Crippen LogP contribution >= 0.6 is 15.9 Å². The fourth-order valence-corrected chi connectivity index (χ4v) is 1.35. The molecule has 1 aromatic heterocycles. The minimum atomic E-state index is -2.99. The highest BCUT2D eigenvalue weighted by atomic mass is 79.9. The highest BCUT2D eigenvalue weighted by Crippen LogP contribution is 2.27. The van der Waals surface area contributed by atoms with Crippen molar-refractivity contribution in [3.05, 3.63) is 27.7 Å². The summed E-state index contributed by atoms with van der Waals surface area (Å²) < 4.78 is 42.7. The molecule has 0 saturated heterocycles. The van der Waals surface area contributed by atoms with Crippen molar-refractivity contribution >= 4 is 21.9 Å². The predicted octanol–water partition coefficient (Wildman–Crippen LogP) is 3.10. The van der Waals surface area contributed by atoms with E-state index >= 15 is 0 Å². The fourth-order valence-electron chi connectivity index (χ4n) is 1.05. The van der Waals surface area contributed by atoms with E-state index in [1.807, 2.05) is 0 Å². The molecule has 0 aliphatic rings. The zero-order valence-electron chi connectivity index (χ0n) is 8.14. The third kappa shape index (κ3) is 2.52. The van der Waals surface area contributed by atoms with Crippen LogP contribution in [0.3, 0.4) is 0 Å². The van der Waals surface area contributed by atoms with Gasteiger partial charge in [0.25, 0.3) is 6.43 Å². The quantitative estimate of drug-likeness (QED) is 0.636. The van der Waals surface area contributed by atoms with E-state index in [0.29, 0.717) is 0 Å². The van der Waals surface area contributed by atoms with Crippen LogP contribution in [0.2, 0.25) is 0 Å². The molecular weight excluding hydrogens is 291 g/mol. The lowest BCUT2D eigenvalue weighted by Gasteiger charge is -2.09. The molecule has 0 saturated carbocycles. The van der Waals surface area contributed by atoms with Crippen LogP contribution in [0, 0.1) is 5.82 Å². The highest BCUT2D eigenvalue weighted by Gasteiger charge is 2.26. The van der Waals surface area contributed by atoms with Gasteiger partial charge < -0.3 is 4.74 Å². The number of carbonyl (C=O) groups excluding carboxylic acids is 1. The van der Waals surface area contributed by atoms with E-state index < -0.39 is 29.3 Å². The number of carbonyl (C=O) groups is 1. The monoisotopic (exact) mass is 297 g/mol. The third-order valence-electron chi connectivity index (χ3n) is 1.72. The number of alkyl halides is 2. The van der Waals surface area contributed by atoms with Crippen molar-refractivity contribution in [2.45, 2.75) is 13.3 Å². The number of hydrogen-bond donors (Lipinski definition) is 0. The molecule has 0 bridgehead atoms. The second-order valence-corrected chi connectivity index (χ2v) is 3.47. The summed E-state index contributed by atoms with van der Waals surface area (Å²) in [5.41, 5.74) is -1.56. The Morgan fingerprint density at radius 2 is 2.25 bits per heavy atom. The van der Waals surface area contributed by atoms with Crippen LogP contribution in [0.5, 0.6) is 0 Å². The van der Waals surface area contributed by atoms with Crippen LogP contribution in [0.4, 0.5) is 13.2 Å². The molecule has 7 heteroatoms. The number of rotatable bonds is 3. The van der Waals surface area contributed by atoms with E-state index in [-0.39, 0.29) is 11.2 Å². The molecule has 88 valence electrons. The number of esters is 1. The zero-order chi connectivity index (χ0) is 12.3. The Bertz CT molecular complexity index is 412. The molecule has 1 rings (SSSR count). The molecule has 0 aliphatic carbocycles. The van der Waals surface area contributed by atoms with Crippen LogP contribution in [-0.2, 0) is 4.74 Å². The maximum atomic E-state index is 13.5. The van der Waals surface area contributed by atoms with Crippen molar-refractivity contribution < 1.29 is 22.7 Å². The Balaban J connectivity index is 3.31. The molecule has 0 spiro atoms. The van der Waals surface area contributed by atoms with Gasteiger partial charge in [0.15, 0.2) is 5.82 Å². The van der Waals surface area contributed by atoms with Crippen LogP contribution < -0.4 is 0 Å². The average Bonchev–Trinajstić information content (AvgIpc) is 2.21. The van der Waals surface area contributed by atoms with Crippen LogP contribution in [-0.4, -0.2) is 17.6 Å². The molecule has 0 aliphatic heterocycles. The predicted molar refractivity (Wildman–Crippen MR) is 52.8 cm³/mol. The Kier molecular flexibility index (Phi) is 4.28. The van der Waals surface area contributed by atoms with Gasteiger partial charge in [0, 0.05) is 6.20 Å². The van der Waals surface area contributed by atoms with Gasteiger partial charge in [-0.3, -0.25) is 0 Å². The molecule has 3 nitrogen and oxygen atoms in total. The maximum absolute atomic E-state index is 13.5.